The molecule has 1 saturated carbocycles. The molecule has 0 bridgehead atoms. The number of ether oxygens (including phenoxy) is 1. The summed E-state index contributed by atoms with van der Waals surface area (Å²) < 4.78 is 7.71. The number of carbonyl (C=O) groups excluding carboxylic acids is 1. The topological polar surface area (TPSA) is 133 Å². The highest BCUT2D eigenvalue weighted by molar-refractivity contribution is 6.00. The molecule has 5 rings (SSSR count). The summed E-state index contributed by atoms with van der Waals surface area (Å²) in [5, 5.41) is 7.70. The van der Waals surface area contributed by atoms with Gasteiger partial charge in [-0.3, -0.25) is 4.79 Å². The fourth-order valence-electron chi connectivity index (χ4n) is 5.04. The van der Waals surface area contributed by atoms with Gasteiger partial charge in [0.1, 0.15) is 17.1 Å². The van der Waals surface area contributed by atoms with E-state index in [-0.39, 0.29) is 17.6 Å². The smallest absolute Gasteiger partial charge is 0.254 e. The van der Waals surface area contributed by atoms with Gasteiger partial charge >= 0.3 is 0 Å². The number of aryl methyl sites for hydroxylation is 2. The Hall–Kier alpha value is -4.11. The van der Waals surface area contributed by atoms with Gasteiger partial charge in [-0.1, -0.05) is 37.1 Å². The van der Waals surface area contributed by atoms with Crippen LogP contribution in [0.15, 0.2) is 60.9 Å². The molecular weight excluding hydrogens is 466 g/mol. The van der Waals surface area contributed by atoms with E-state index in [1.807, 2.05) is 30.3 Å². The predicted octanol–water partition coefficient (Wildman–Crippen LogP) is 4.21. The molecule has 1 aliphatic carbocycles. The Morgan fingerprint density at radius 2 is 1.97 bits per heavy atom. The summed E-state index contributed by atoms with van der Waals surface area (Å²) >= 11 is 0. The van der Waals surface area contributed by atoms with Crippen molar-refractivity contribution in [1.29, 1.82) is 0 Å². The molecular formula is C28H33N7O2. The molecule has 37 heavy (non-hydrogen) atoms. The van der Waals surface area contributed by atoms with Gasteiger partial charge in [-0.15, -0.1) is 0 Å². The van der Waals surface area contributed by atoms with Gasteiger partial charge in [0, 0.05) is 42.1 Å². The first-order chi connectivity index (χ1) is 18.0. The van der Waals surface area contributed by atoms with Crippen molar-refractivity contribution in [2.45, 2.75) is 50.7 Å². The minimum atomic E-state index is -0.593. The molecule has 2 unspecified atom stereocenters. The van der Waals surface area contributed by atoms with Gasteiger partial charge in [0.2, 0.25) is 5.95 Å². The minimum Gasteiger partial charge on any atom is -0.496 e. The lowest BCUT2D eigenvalue weighted by molar-refractivity contribution is 0.100. The standard InChI is InChI=1S/C28H33N7O2/c1-37-25-12-5-2-7-18(25)13-15-35-16-14-19-22(10-6-11-24(19)35)32-27-20(26(30)36)17-31-28(34-27)33-23-9-4-3-8-21(23)29/h2,5-7,10-12,14,16-17,21,23H,3-4,8-9,13,15,29H2,1H3,(H2,30,36)(H2,31,32,33,34). The molecule has 2 aromatic carbocycles. The number of amides is 1. The Morgan fingerprint density at radius 3 is 2.78 bits per heavy atom. The average molecular weight is 500 g/mol. The zero-order valence-electron chi connectivity index (χ0n) is 21.0. The van der Waals surface area contributed by atoms with E-state index in [0.29, 0.717) is 11.8 Å². The summed E-state index contributed by atoms with van der Waals surface area (Å²) in [5.74, 6) is 1.09. The first kappa shape index (κ1) is 24.6. The second kappa shape index (κ2) is 10.9. The van der Waals surface area contributed by atoms with Crippen molar-refractivity contribution in [3.8, 4) is 5.75 Å². The van der Waals surface area contributed by atoms with E-state index in [2.05, 4.69) is 49.6 Å². The van der Waals surface area contributed by atoms with E-state index in [9.17, 15) is 4.79 Å². The zero-order chi connectivity index (χ0) is 25.8. The van der Waals surface area contributed by atoms with Gasteiger partial charge in [-0.05, 0) is 49.1 Å². The van der Waals surface area contributed by atoms with Crippen LogP contribution in [0.25, 0.3) is 10.9 Å². The van der Waals surface area contributed by atoms with E-state index < -0.39 is 5.91 Å². The third-order valence-electron chi connectivity index (χ3n) is 7.07. The fraction of sp³-hybridized carbons (Fsp3) is 0.321. The summed E-state index contributed by atoms with van der Waals surface area (Å²) in [6.07, 6.45) is 8.55. The van der Waals surface area contributed by atoms with Crippen molar-refractivity contribution in [2.24, 2.45) is 11.5 Å². The molecule has 1 amide bonds. The van der Waals surface area contributed by atoms with Gasteiger partial charge in [0.05, 0.1) is 12.6 Å². The Labute approximate surface area is 216 Å². The highest BCUT2D eigenvalue weighted by Gasteiger charge is 2.23. The lowest BCUT2D eigenvalue weighted by atomic mass is 9.91. The van der Waals surface area contributed by atoms with Gasteiger partial charge in [0.25, 0.3) is 5.91 Å². The highest BCUT2D eigenvalue weighted by atomic mass is 16.5. The molecule has 0 radical (unpaired) electrons. The largest absolute Gasteiger partial charge is 0.496 e. The van der Waals surface area contributed by atoms with Crippen molar-refractivity contribution in [1.82, 2.24) is 14.5 Å². The quantitative estimate of drug-likeness (QED) is 0.271. The summed E-state index contributed by atoms with van der Waals surface area (Å²) in [6, 6.07) is 16.3. The van der Waals surface area contributed by atoms with E-state index in [4.69, 9.17) is 16.2 Å². The molecule has 9 nitrogen and oxygen atoms in total. The summed E-state index contributed by atoms with van der Waals surface area (Å²) in [7, 11) is 1.69. The summed E-state index contributed by atoms with van der Waals surface area (Å²) in [5.41, 5.74) is 15.2. The first-order valence-corrected chi connectivity index (χ1v) is 12.7. The number of para-hydroxylation sites is 1. The number of nitrogens with two attached hydrogens (primary N) is 2. The van der Waals surface area contributed by atoms with Crippen molar-refractivity contribution in [2.75, 3.05) is 17.7 Å². The predicted molar refractivity (Wildman–Crippen MR) is 146 cm³/mol. The second-order valence-electron chi connectivity index (χ2n) is 9.45. The van der Waals surface area contributed by atoms with Crippen LogP contribution >= 0.6 is 0 Å². The van der Waals surface area contributed by atoms with Crippen LogP contribution in [-0.4, -0.2) is 39.6 Å². The summed E-state index contributed by atoms with van der Waals surface area (Å²) in [6.45, 7) is 0.795. The van der Waals surface area contributed by atoms with E-state index in [1.165, 1.54) is 6.20 Å². The fourth-order valence-corrected chi connectivity index (χ4v) is 5.04. The van der Waals surface area contributed by atoms with Gasteiger partial charge in [-0.25, -0.2) is 4.98 Å². The maximum Gasteiger partial charge on any atom is 0.254 e. The number of primary amides is 1. The lowest BCUT2D eigenvalue weighted by Crippen LogP contribution is -2.43. The molecule has 6 N–H and O–H groups in total. The number of methoxy groups -OCH3 is 1. The summed E-state index contributed by atoms with van der Waals surface area (Å²) in [4.78, 5) is 21.1. The number of hydrogen-bond acceptors (Lipinski definition) is 7. The van der Waals surface area contributed by atoms with Crippen LogP contribution in [-0.2, 0) is 13.0 Å². The van der Waals surface area contributed by atoms with Crippen molar-refractivity contribution in [3.05, 3.63) is 72.1 Å². The highest BCUT2D eigenvalue weighted by Crippen LogP contribution is 2.29. The Kier molecular flexibility index (Phi) is 7.23. The van der Waals surface area contributed by atoms with E-state index in [0.717, 1.165) is 66.6 Å². The number of fused-ring (bicyclic) bond motifs is 1. The van der Waals surface area contributed by atoms with Crippen molar-refractivity contribution >= 4 is 34.3 Å². The maximum atomic E-state index is 12.2. The van der Waals surface area contributed by atoms with Crippen LogP contribution in [0.5, 0.6) is 5.75 Å². The molecule has 4 aromatic rings. The van der Waals surface area contributed by atoms with Crippen LogP contribution in [0.3, 0.4) is 0 Å². The molecule has 2 aromatic heterocycles. The molecule has 0 aliphatic heterocycles. The Morgan fingerprint density at radius 1 is 1.14 bits per heavy atom. The van der Waals surface area contributed by atoms with Crippen LogP contribution < -0.4 is 26.8 Å². The van der Waals surface area contributed by atoms with Crippen LogP contribution in [0.4, 0.5) is 17.5 Å². The van der Waals surface area contributed by atoms with E-state index in [1.54, 1.807) is 7.11 Å². The lowest BCUT2D eigenvalue weighted by Gasteiger charge is -2.29. The molecule has 2 heterocycles. The third kappa shape index (κ3) is 5.36. The average Bonchev–Trinajstić information content (AvgIpc) is 3.33. The first-order valence-electron chi connectivity index (χ1n) is 12.7. The van der Waals surface area contributed by atoms with Gasteiger partial charge < -0.3 is 31.4 Å². The van der Waals surface area contributed by atoms with Gasteiger partial charge in [-0.2, -0.15) is 4.98 Å². The van der Waals surface area contributed by atoms with Crippen molar-refractivity contribution in [3.63, 3.8) is 0 Å². The van der Waals surface area contributed by atoms with Crippen molar-refractivity contribution < 1.29 is 9.53 Å². The number of carbonyl (C=O) groups is 1. The third-order valence-corrected chi connectivity index (χ3v) is 7.07. The number of anilines is 3. The monoisotopic (exact) mass is 499 g/mol. The van der Waals surface area contributed by atoms with Gasteiger partial charge in [0.15, 0.2) is 0 Å². The molecule has 0 spiro atoms. The van der Waals surface area contributed by atoms with Crippen LogP contribution in [0.2, 0.25) is 0 Å². The Balaban J connectivity index is 1.40. The molecule has 9 heteroatoms. The maximum absolute atomic E-state index is 12.2. The van der Waals surface area contributed by atoms with Crippen LogP contribution in [0, 0.1) is 0 Å². The van der Waals surface area contributed by atoms with E-state index >= 15 is 0 Å². The molecule has 1 fully saturated rings. The minimum absolute atomic E-state index is 0.0499. The number of aromatic nitrogens is 3. The number of rotatable bonds is 9. The number of benzene rings is 2. The molecule has 1 aliphatic rings. The second-order valence-corrected chi connectivity index (χ2v) is 9.45. The normalized spacial score (nSPS) is 17.5. The number of nitrogens with zero attached hydrogens (tertiary/aromatic N) is 3. The van der Waals surface area contributed by atoms with Crippen LogP contribution in [0.1, 0.15) is 41.6 Å². The Bertz CT molecular complexity index is 1400. The number of hydrogen-bond donors (Lipinski definition) is 4. The molecule has 0 saturated heterocycles. The zero-order valence-corrected chi connectivity index (χ0v) is 21.0. The number of nitrogens with one attached hydrogen (secondary N) is 2. The molecule has 2 atom stereocenters. The SMILES string of the molecule is COc1ccccc1CCn1ccc2c(Nc3nc(NC4CCCCC4N)ncc3C(N)=O)cccc21. The molecule has 192 valence electrons.